The van der Waals surface area contributed by atoms with Crippen molar-refractivity contribution >= 4 is 18.7 Å². The molecule has 1 aromatic heterocycles. The van der Waals surface area contributed by atoms with Gasteiger partial charge in [0.05, 0.1) is 25.4 Å². The Labute approximate surface area is 143 Å². The quantitative estimate of drug-likeness (QED) is 0.785. The Morgan fingerprint density at radius 1 is 1.42 bits per heavy atom. The van der Waals surface area contributed by atoms with Gasteiger partial charge in [0.25, 0.3) is 12.8 Å². The first-order chi connectivity index (χ1) is 11.5. The van der Waals surface area contributed by atoms with E-state index in [2.05, 4.69) is 10.3 Å². The number of hydrogen-bond donors (Lipinski definition) is 2. The van der Waals surface area contributed by atoms with Gasteiger partial charge in [-0.2, -0.15) is 0 Å². The largest absolute Gasteiger partial charge is 0.494 e. The van der Waals surface area contributed by atoms with Crippen LogP contribution in [-0.4, -0.2) is 60.4 Å². The minimum absolute atomic E-state index is 0.0182. The molecule has 7 nitrogen and oxygen atoms in total. The molecule has 0 aromatic carbocycles. The van der Waals surface area contributed by atoms with E-state index in [1.807, 2.05) is 6.92 Å². The van der Waals surface area contributed by atoms with Crippen LogP contribution in [0.25, 0.3) is 0 Å². The van der Waals surface area contributed by atoms with E-state index < -0.39 is 0 Å². The number of carbonyl (C=O) groups is 2. The Morgan fingerprint density at radius 3 is 2.58 bits per heavy atom. The molecule has 1 saturated heterocycles. The predicted octanol–water partition coefficient (Wildman–Crippen LogP) is 1.06. The summed E-state index contributed by atoms with van der Waals surface area (Å²) in [5, 5.41) is 11.0. The van der Waals surface area contributed by atoms with Crippen LogP contribution in [0.4, 0.5) is 0 Å². The standard InChI is InChI=1S/C13H17N3O3.C3H9BO/c1-19-11-8-14-5-4-10(11)13(18)15-9-12(17)16-6-2-3-7-16;1-3-4(2)5/h4-5,8H,2-3,6-7,9H2,1H3,(H,15,18);5H,3H2,1-2H3. The normalized spacial score (nSPS) is 12.9. The lowest BCUT2D eigenvalue weighted by Gasteiger charge is -2.15. The SMILES string of the molecule is CCB(C)O.COc1cnccc1C(=O)NCC(=O)N1CCCC1. The number of pyridine rings is 1. The molecule has 1 aromatic rings. The summed E-state index contributed by atoms with van der Waals surface area (Å²) < 4.78 is 5.05. The van der Waals surface area contributed by atoms with E-state index in [9.17, 15) is 9.59 Å². The Kier molecular flexibility index (Phi) is 8.85. The average molecular weight is 335 g/mol. The molecule has 8 heteroatoms. The number of rotatable bonds is 5. The van der Waals surface area contributed by atoms with E-state index in [0.717, 1.165) is 32.3 Å². The van der Waals surface area contributed by atoms with Gasteiger partial charge in [-0.05, 0) is 18.9 Å². The zero-order valence-electron chi connectivity index (χ0n) is 14.6. The molecule has 2 heterocycles. The molecule has 0 aliphatic carbocycles. The highest BCUT2D eigenvalue weighted by Gasteiger charge is 2.19. The molecule has 0 unspecified atom stereocenters. The fourth-order valence-corrected chi connectivity index (χ4v) is 2.06. The number of ether oxygens (including phenoxy) is 1. The number of methoxy groups -OCH3 is 1. The predicted molar refractivity (Wildman–Crippen MR) is 93.3 cm³/mol. The molecule has 2 amide bonds. The molecular formula is C16H26BN3O4. The van der Waals surface area contributed by atoms with Gasteiger partial charge < -0.3 is 20.0 Å². The van der Waals surface area contributed by atoms with Gasteiger partial charge in [-0.25, -0.2) is 0 Å². The molecule has 0 bridgehead atoms. The molecule has 0 atom stereocenters. The van der Waals surface area contributed by atoms with Gasteiger partial charge in [0, 0.05) is 19.3 Å². The first-order valence-corrected chi connectivity index (χ1v) is 8.21. The van der Waals surface area contributed by atoms with Crippen molar-refractivity contribution in [3.63, 3.8) is 0 Å². The van der Waals surface area contributed by atoms with E-state index >= 15 is 0 Å². The third-order valence-electron chi connectivity index (χ3n) is 3.70. The number of likely N-dealkylation sites (tertiary alicyclic amines) is 1. The molecule has 1 aliphatic heterocycles. The summed E-state index contributed by atoms with van der Waals surface area (Å²) in [4.78, 5) is 29.4. The van der Waals surface area contributed by atoms with E-state index in [0.29, 0.717) is 11.3 Å². The van der Waals surface area contributed by atoms with Gasteiger partial charge in [-0.1, -0.05) is 20.1 Å². The summed E-state index contributed by atoms with van der Waals surface area (Å²) in [5.41, 5.74) is 0.381. The first kappa shape index (κ1) is 20.0. The number of nitrogens with zero attached hydrogens (tertiary/aromatic N) is 2. The minimum atomic E-state index is -0.327. The van der Waals surface area contributed by atoms with E-state index in [1.165, 1.54) is 19.5 Å². The first-order valence-electron chi connectivity index (χ1n) is 8.21. The van der Waals surface area contributed by atoms with Gasteiger partial charge in [0.1, 0.15) is 5.75 Å². The van der Waals surface area contributed by atoms with Gasteiger partial charge in [0.2, 0.25) is 5.91 Å². The number of nitrogens with one attached hydrogen (secondary N) is 1. The minimum Gasteiger partial charge on any atom is -0.494 e. The molecule has 2 rings (SSSR count). The Balaban J connectivity index is 0.000000505. The summed E-state index contributed by atoms with van der Waals surface area (Å²) >= 11 is 0. The molecular weight excluding hydrogens is 309 g/mol. The average Bonchev–Trinajstić information content (AvgIpc) is 3.14. The number of aromatic nitrogens is 1. The van der Waals surface area contributed by atoms with Crippen LogP contribution in [0.1, 0.15) is 30.1 Å². The Bertz CT molecular complexity index is 534. The summed E-state index contributed by atoms with van der Waals surface area (Å²) in [6.45, 7) is 5.20. The second kappa shape index (κ2) is 10.6. The number of amides is 2. The van der Waals surface area contributed by atoms with E-state index in [1.54, 1.807) is 17.8 Å². The second-order valence-corrected chi connectivity index (χ2v) is 5.60. The van der Waals surface area contributed by atoms with Gasteiger partial charge in [0.15, 0.2) is 0 Å². The van der Waals surface area contributed by atoms with Crippen LogP contribution in [0.15, 0.2) is 18.5 Å². The highest BCUT2D eigenvalue weighted by atomic mass is 16.5. The van der Waals surface area contributed by atoms with Crippen LogP contribution in [0.3, 0.4) is 0 Å². The fourth-order valence-electron chi connectivity index (χ4n) is 2.06. The van der Waals surface area contributed by atoms with Crippen molar-refractivity contribution in [2.45, 2.75) is 32.9 Å². The van der Waals surface area contributed by atoms with Crippen LogP contribution in [0, 0.1) is 0 Å². The zero-order chi connectivity index (χ0) is 17.9. The van der Waals surface area contributed by atoms with Crippen LogP contribution in [0.2, 0.25) is 13.1 Å². The van der Waals surface area contributed by atoms with Gasteiger partial charge >= 0.3 is 0 Å². The lowest BCUT2D eigenvalue weighted by Crippen LogP contribution is -2.38. The third-order valence-corrected chi connectivity index (χ3v) is 3.70. The van der Waals surface area contributed by atoms with Gasteiger partial charge in [-0.3, -0.25) is 14.6 Å². The highest BCUT2D eigenvalue weighted by molar-refractivity contribution is 6.48. The van der Waals surface area contributed by atoms with Crippen molar-refractivity contribution in [3.05, 3.63) is 24.0 Å². The molecule has 24 heavy (non-hydrogen) atoms. The molecule has 132 valence electrons. The van der Waals surface area contributed by atoms with E-state index in [-0.39, 0.29) is 25.3 Å². The maximum absolute atomic E-state index is 12.0. The summed E-state index contributed by atoms with van der Waals surface area (Å²) in [5.74, 6) is 0.0271. The third kappa shape index (κ3) is 6.58. The molecule has 0 saturated carbocycles. The lowest BCUT2D eigenvalue weighted by atomic mass is 9.69. The number of carbonyl (C=O) groups excluding carboxylic acids is 2. The fraction of sp³-hybridized carbons (Fsp3) is 0.562. The van der Waals surface area contributed by atoms with Crippen molar-refractivity contribution in [1.82, 2.24) is 15.2 Å². The molecule has 0 radical (unpaired) electrons. The monoisotopic (exact) mass is 335 g/mol. The molecule has 2 N–H and O–H groups in total. The Morgan fingerprint density at radius 2 is 2.04 bits per heavy atom. The smallest absolute Gasteiger partial charge is 0.285 e. The maximum atomic E-state index is 12.0. The number of hydrogen-bond acceptors (Lipinski definition) is 5. The Hall–Kier alpha value is -2.09. The molecule has 1 fully saturated rings. The molecule has 1 aliphatic rings. The van der Waals surface area contributed by atoms with Crippen LogP contribution in [-0.2, 0) is 4.79 Å². The second-order valence-electron chi connectivity index (χ2n) is 5.60. The summed E-state index contributed by atoms with van der Waals surface area (Å²) in [6, 6.07) is 1.56. The van der Waals surface area contributed by atoms with Crippen molar-refractivity contribution < 1.29 is 19.3 Å². The lowest BCUT2D eigenvalue weighted by molar-refractivity contribution is -0.129. The summed E-state index contributed by atoms with van der Waals surface area (Å²) in [7, 11) is 1.48. The van der Waals surface area contributed by atoms with Crippen molar-refractivity contribution in [1.29, 1.82) is 0 Å². The van der Waals surface area contributed by atoms with Gasteiger partial charge in [-0.15, -0.1) is 0 Å². The van der Waals surface area contributed by atoms with Crippen LogP contribution >= 0.6 is 0 Å². The van der Waals surface area contributed by atoms with Crippen molar-refractivity contribution in [2.24, 2.45) is 0 Å². The maximum Gasteiger partial charge on any atom is 0.285 e. The highest BCUT2D eigenvalue weighted by Crippen LogP contribution is 2.15. The zero-order valence-corrected chi connectivity index (χ0v) is 14.6. The van der Waals surface area contributed by atoms with Crippen molar-refractivity contribution in [3.8, 4) is 5.75 Å². The van der Waals surface area contributed by atoms with Crippen molar-refractivity contribution in [2.75, 3.05) is 26.7 Å². The molecule has 0 spiro atoms. The summed E-state index contributed by atoms with van der Waals surface area (Å²) in [6.07, 6.45) is 5.92. The van der Waals surface area contributed by atoms with Crippen LogP contribution in [0.5, 0.6) is 5.75 Å². The van der Waals surface area contributed by atoms with Crippen LogP contribution < -0.4 is 10.1 Å². The van der Waals surface area contributed by atoms with E-state index in [4.69, 9.17) is 9.76 Å². The topological polar surface area (TPSA) is 91.8 Å².